The summed E-state index contributed by atoms with van der Waals surface area (Å²) in [7, 11) is 0. The number of aryl methyl sites for hydroxylation is 1. The van der Waals surface area contributed by atoms with E-state index in [0.29, 0.717) is 93.9 Å². The van der Waals surface area contributed by atoms with E-state index in [9.17, 15) is 15.5 Å². The molecule has 2 unspecified atom stereocenters. The molecule has 2 atom stereocenters. The molecule has 2 aliphatic heterocycles. The van der Waals surface area contributed by atoms with Crippen molar-refractivity contribution >= 4 is 57.5 Å². The number of ether oxygens (including phenoxy) is 3. The number of phenolic OH excluding ortho intramolecular Hbond substituents is 1. The van der Waals surface area contributed by atoms with Gasteiger partial charge in [0.05, 0.1) is 31.7 Å². The summed E-state index contributed by atoms with van der Waals surface area (Å²) in [5, 5.41) is 33.4. The van der Waals surface area contributed by atoms with Crippen molar-refractivity contribution in [3.05, 3.63) is 83.6 Å². The molecule has 3 heterocycles. The van der Waals surface area contributed by atoms with Gasteiger partial charge in [-0.1, -0.05) is 36.3 Å². The van der Waals surface area contributed by atoms with Gasteiger partial charge in [-0.05, 0) is 72.4 Å². The maximum atomic E-state index is 15.4. The molecule has 12 heteroatoms. The van der Waals surface area contributed by atoms with Crippen LogP contribution in [0.25, 0.3) is 27.5 Å². The molecule has 6 rings (SSSR count). The van der Waals surface area contributed by atoms with E-state index in [0.717, 1.165) is 3.51 Å². The van der Waals surface area contributed by atoms with Crippen molar-refractivity contribution < 1.29 is 47.7 Å². The second-order valence-electron chi connectivity index (χ2n) is 12.9. The number of allylic oxidation sites excluding steroid dienone is 4. The fourth-order valence-corrected chi connectivity index (χ4v) is 8.32. The predicted octanol–water partition coefficient (Wildman–Crippen LogP) is 3.64. The van der Waals surface area contributed by atoms with E-state index in [2.05, 4.69) is 17.6 Å². The zero-order chi connectivity index (χ0) is 34.4. The smallest absolute Gasteiger partial charge is 0.508 e. The Bertz CT molecular complexity index is 1950. The van der Waals surface area contributed by atoms with E-state index < -0.39 is 31.7 Å². The fourth-order valence-electron chi connectivity index (χ4n) is 6.70. The van der Waals surface area contributed by atoms with Gasteiger partial charge in [-0.3, -0.25) is 4.93 Å². The summed E-state index contributed by atoms with van der Waals surface area (Å²) in [6, 6.07) is 8.71. The topological polar surface area (TPSA) is 121 Å². The number of nitriles is 1. The Kier molecular flexibility index (Phi) is 12.4. The number of nitrogens with zero attached hydrogens (tertiary/aromatic N) is 4. The molecule has 2 N–H and O–H groups in total. The number of halogens is 2. The van der Waals surface area contributed by atoms with Crippen LogP contribution in [0.4, 0.5) is 10.2 Å². The molecule has 0 radical (unpaired) electrons. The predicted molar refractivity (Wildman–Crippen MR) is 200 cm³/mol. The van der Waals surface area contributed by atoms with Gasteiger partial charge in [0.2, 0.25) is 0 Å². The number of aromatic nitrogens is 2. The van der Waals surface area contributed by atoms with Gasteiger partial charge in [-0.25, -0.2) is 16.0 Å². The van der Waals surface area contributed by atoms with Gasteiger partial charge >= 0.3 is 24.9 Å². The summed E-state index contributed by atoms with van der Waals surface area (Å²) in [5.41, 5.74) is 2.46. The van der Waals surface area contributed by atoms with E-state index in [-0.39, 0.29) is 70.2 Å². The number of fused-ring (bicyclic) bond motifs is 2. The molecule has 50 heavy (non-hydrogen) atoms. The van der Waals surface area contributed by atoms with Crippen molar-refractivity contribution in [3.63, 3.8) is 0 Å². The molecule has 0 amide bonds. The zero-order valence-electron chi connectivity index (χ0n) is 29.3. The van der Waals surface area contributed by atoms with E-state index in [1.165, 1.54) is 6.07 Å². The van der Waals surface area contributed by atoms with Crippen LogP contribution in [0.3, 0.4) is 0 Å². The minimum atomic E-state index is -1.18. The largest absolute Gasteiger partial charge is 1.00 e. The first-order chi connectivity index (χ1) is 22.9. The molecular formula is C38H41FILiN4O5-2. The van der Waals surface area contributed by atoms with E-state index in [4.69, 9.17) is 30.8 Å². The van der Waals surface area contributed by atoms with Gasteiger partial charge in [-0.15, -0.1) is 3.51 Å². The number of β-amino-alcohol motifs (C(OH)–C–C–N with tert-alkyl or cyclic N) is 1. The molecule has 3 aliphatic rings. The summed E-state index contributed by atoms with van der Waals surface area (Å²) in [4.78, 5) is 16.1. The van der Waals surface area contributed by atoms with Crippen LogP contribution in [0.15, 0.2) is 36.4 Å². The minimum absolute atomic E-state index is 0. The van der Waals surface area contributed by atoms with Crippen LogP contribution in [0.2, 0.25) is 0 Å². The molecular weight excluding hydrogens is 745 g/mol. The number of phenols is 1. The molecule has 3 aromatic rings. The van der Waals surface area contributed by atoms with Crippen molar-refractivity contribution in [2.45, 2.75) is 39.2 Å². The van der Waals surface area contributed by atoms with Gasteiger partial charge in [0, 0.05) is 25.4 Å². The van der Waals surface area contributed by atoms with Crippen LogP contribution in [0.1, 0.15) is 49.6 Å². The van der Waals surface area contributed by atoms with Crippen LogP contribution in [-0.4, -0.2) is 75.4 Å². The molecule has 260 valence electrons. The van der Waals surface area contributed by atoms with E-state index >= 15 is 4.39 Å². The Morgan fingerprint density at radius 3 is 2.64 bits per heavy atom. The van der Waals surface area contributed by atoms with Gasteiger partial charge in [0.25, 0.3) is 0 Å². The summed E-state index contributed by atoms with van der Waals surface area (Å²) in [6.07, 6.45) is 0.939. The van der Waals surface area contributed by atoms with E-state index in [1.807, 2.05) is 18.7 Å². The third-order valence-electron chi connectivity index (χ3n) is 8.99. The van der Waals surface area contributed by atoms with Crippen molar-refractivity contribution in [2.75, 3.05) is 51.0 Å². The number of aromatic hydroxyl groups is 1. The molecule has 2 fully saturated rings. The number of rotatable bonds is 7. The summed E-state index contributed by atoms with van der Waals surface area (Å²) in [5.74, 6) is 0.123. The van der Waals surface area contributed by atoms with Crippen LogP contribution < -0.4 is 28.5 Å². The number of hydrogen-bond acceptors (Lipinski definition) is 9. The zero-order valence-corrected chi connectivity index (χ0v) is 31.5. The fraction of sp³-hybridized carbons (Fsp3) is 0.368. The third-order valence-corrected chi connectivity index (χ3v) is 10.9. The maximum Gasteiger partial charge on any atom is 1.00 e. The summed E-state index contributed by atoms with van der Waals surface area (Å²) < 4.78 is 33.6. The molecule has 1 aliphatic carbocycles. The second-order valence-corrected chi connectivity index (χ2v) is 14.7. The maximum absolute atomic E-state index is 15.4. The standard InChI is InChI=1S/C37H38FIN4O5.CH3.Li/c1-7-25-27(38)9-8-23-14-24(44)15-26(30(23)25)31-28(21(2)3)33-29(22(4)32(31)39-6)34(43-11-13-47-18-36(5,45)17-43)42-35(41-33)48-20-37(16-40)10-12-46-19-37;;/h4,8-9,14-15,44-45H,2,6-7,10-13,17-20H2,1,3,5H3;1H3;/q-2;-1;+1. The monoisotopic (exact) mass is 786 g/mol. The Labute approximate surface area is 315 Å². The van der Waals surface area contributed by atoms with Crippen LogP contribution in [-0.2, 0) is 15.9 Å². The number of anilines is 1. The van der Waals surface area contributed by atoms with Crippen molar-refractivity contribution in [1.82, 2.24) is 9.97 Å². The van der Waals surface area contributed by atoms with E-state index in [1.54, 1.807) is 25.1 Å². The van der Waals surface area contributed by atoms with Gasteiger partial charge in [0.15, 0.2) is 0 Å². The van der Waals surface area contributed by atoms with Crippen molar-refractivity contribution in [1.29, 1.82) is 5.26 Å². The number of benzene rings is 2. The van der Waals surface area contributed by atoms with Crippen LogP contribution in [0, 0.1) is 41.5 Å². The van der Waals surface area contributed by atoms with Crippen molar-refractivity contribution in [2.24, 2.45) is 5.41 Å². The molecule has 0 bridgehead atoms. The SMILES string of the molecule is [CH-]=C1C(=I[CH2-])C(c2cc(O)cc3ccc(F)c(CC)c23)=C(C(=C)C)c2nc(OCC3(C#N)CCOC3)nc(N3CCOCC(C)(O)C3)c21.[CH3-].[Li+]. The van der Waals surface area contributed by atoms with Crippen LogP contribution in [0.5, 0.6) is 11.8 Å². The Hall–Kier alpha value is -3.10. The Morgan fingerprint density at radius 2 is 2.00 bits per heavy atom. The Morgan fingerprint density at radius 1 is 1.26 bits per heavy atom. The van der Waals surface area contributed by atoms with Crippen molar-refractivity contribution in [3.8, 4) is 17.8 Å². The second kappa shape index (κ2) is 15.6. The summed E-state index contributed by atoms with van der Waals surface area (Å²) >= 11 is -0.974. The first kappa shape index (κ1) is 39.7. The molecule has 0 saturated carbocycles. The average molecular weight is 787 g/mol. The van der Waals surface area contributed by atoms with Crippen LogP contribution >= 0.6 is 20.7 Å². The van der Waals surface area contributed by atoms with Gasteiger partial charge in [0.1, 0.15) is 29.2 Å². The molecule has 2 aromatic carbocycles. The molecule has 9 nitrogen and oxygen atoms in total. The molecule has 2 saturated heterocycles. The first-order valence-electron chi connectivity index (χ1n) is 15.8. The summed E-state index contributed by atoms with van der Waals surface area (Å²) in [6.45, 7) is 18.7. The minimum Gasteiger partial charge on any atom is -0.508 e. The normalized spacial score (nSPS) is 22.9. The quantitative estimate of drug-likeness (QED) is 0.210. The third kappa shape index (κ3) is 7.30. The molecule has 0 spiro atoms. The first-order valence-corrected chi connectivity index (χ1v) is 18.4. The van der Waals surface area contributed by atoms with Gasteiger partial charge < -0.3 is 57.5 Å². The average Bonchev–Trinajstić information content (AvgIpc) is 3.45. The Balaban J connectivity index is 0.00000281. The number of aliphatic hydroxyl groups is 1. The van der Waals surface area contributed by atoms with Gasteiger partial charge in [-0.2, -0.15) is 15.8 Å². The number of hydrogen-bond donors (Lipinski definition) is 2. The molecule has 1 aromatic heterocycles.